The summed E-state index contributed by atoms with van der Waals surface area (Å²) in [7, 11) is 0. The highest BCUT2D eigenvalue weighted by Crippen LogP contribution is 2.41. The van der Waals surface area contributed by atoms with Crippen LogP contribution in [0.2, 0.25) is 0 Å². The number of likely N-dealkylation sites (tertiary alicyclic amines) is 1. The number of nitrogens with one attached hydrogen (secondary N) is 1. The normalized spacial score (nSPS) is 30.0. The first-order chi connectivity index (χ1) is 13.7. The SMILES string of the molecule is C=CCN1C[C@H]2C[C@@H](C1)[C@H](CNC(=O)CCn1cnnc1)N1C(=O)CCC[C@@H]21. The lowest BCUT2D eigenvalue weighted by Gasteiger charge is -2.56. The zero-order chi connectivity index (χ0) is 19.5. The molecule has 3 aliphatic rings. The zero-order valence-corrected chi connectivity index (χ0v) is 16.4. The molecule has 2 bridgehead atoms. The van der Waals surface area contributed by atoms with Crippen molar-refractivity contribution >= 4 is 11.8 Å². The van der Waals surface area contributed by atoms with Gasteiger partial charge < -0.3 is 14.8 Å². The van der Waals surface area contributed by atoms with E-state index in [1.165, 1.54) is 0 Å². The average Bonchev–Trinajstić information content (AvgIpc) is 3.20. The number of fused-ring (bicyclic) bond motifs is 4. The molecule has 8 heteroatoms. The van der Waals surface area contributed by atoms with Crippen LogP contribution in [-0.2, 0) is 16.1 Å². The third-order valence-electron chi connectivity index (χ3n) is 6.53. The monoisotopic (exact) mass is 386 g/mol. The van der Waals surface area contributed by atoms with Crippen molar-refractivity contribution in [3.63, 3.8) is 0 Å². The molecule has 0 aromatic carbocycles. The molecular formula is C20H30N6O2. The second kappa shape index (κ2) is 8.43. The van der Waals surface area contributed by atoms with E-state index in [9.17, 15) is 9.59 Å². The highest BCUT2D eigenvalue weighted by molar-refractivity contribution is 5.78. The van der Waals surface area contributed by atoms with E-state index in [0.29, 0.717) is 43.8 Å². The molecule has 3 fully saturated rings. The second-order valence-electron chi connectivity index (χ2n) is 8.34. The van der Waals surface area contributed by atoms with Crippen LogP contribution in [0, 0.1) is 11.8 Å². The summed E-state index contributed by atoms with van der Waals surface area (Å²) >= 11 is 0. The molecule has 4 rings (SSSR count). The topological polar surface area (TPSA) is 83.4 Å². The van der Waals surface area contributed by atoms with Crippen LogP contribution in [0.5, 0.6) is 0 Å². The summed E-state index contributed by atoms with van der Waals surface area (Å²) in [6.45, 7) is 7.91. The minimum atomic E-state index is 0.00980. The quantitative estimate of drug-likeness (QED) is 0.697. The molecule has 8 nitrogen and oxygen atoms in total. The van der Waals surface area contributed by atoms with Crippen molar-refractivity contribution in [1.29, 1.82) is 0 Å². The van der Waals surface area contributed by atoms with Crippen molar-refractivity contribution in [2.75, 3.05) is 26.2 Å². The van der Waals surface area contributed by atoms with Crippen molar-refractivity contribution in [2.24, 2.45) is 11.8 Å². The number of nitrogens with zero attached hydrogens (tertiary/aromatic N) is 5. The van der Waals surface area contributed by atoms with Gasteiger partial charge in [0.25, 0.3) is 0 Å². The third kappa shape index (κ3) is 3.97. The fourth-order valence-electron chi connectivity index (χ4n) is 5.34. The Morgan fingerprint density at radius 3 is 2.86 bits per heavy atom. The van der Waals surface area contributed by atoms with Crippen molar-refractivity contribution < 1.29 is 9.59 Å². The Hall–Kier alpha value is -2.22. The smallest absolute Gasteiger partial charge is 0.223 e. The van der Waals surface area contributed by atoms with Gasteiger partial charge in [-0.15, -0.1) is 16.8 Å². The molecule has 0 radical (unpaired) electrons. The van der Waals surface area contributed by atoms with Gasteiger partial charge in [0.1, 0.15) is 12.7 Å². The van der Waals surface area contributed by atoms with Crippen LogP contribution in [0.15, 0.2) is 25.3 Å². The fraction of sp³-hybridized carbons (Fsp3) is 0.700. The van der Waals surface area contributed by atoms with Crippen LogP contribution in [-0.4, -0.2) is 74.6 Å². The standard InChI is InChI=1S/C20H30N6O2/c1-2-7-24-11-15-9-16(12-24)18(26-17(15)4-3-5-20(26)28)10-21-19(27)6-8-25-13-22-23-14-25/h2,13-18H,1,3-12H2,(H,21,27)/t15-,16+,17+,18+/m1/s1. The molecule has 3 aliphatic heterocycles. The van der Waals surface area contributed by atoms with Crippen LogP contribution in [0.4, 0.5) is 0 Å². The maximum Gasteiger partial charge on any atom is 0.223 e. The largest absolute Gasteiger partial charge is 0.354 e. The molecule has 2 amide bonds. The van der Waals surface area contributed by atoms with Gasteiger partial charge >= 0.3 is 0 Å². The van der Waals surface area contributed by atoms with E-state index in [0.717, 1.165) is 38.9 Å². The summed E-state index contributed by atoms with van der Waals surface area (Å²) in [6.07, 6.45) is 9.45. The number of hydrogen-bond donors (Lipinski definition) is 1. The molecular weight excluding hydrogens is 356 g/mol. The Balaban J connectivity index is 1.41. The number of aryl methyl sites for hydroxylation is 1. The summed E-state index contributed by atoms with van der Waals surface area (Å²) in [4.78, 5) is 29.7. The first-order valence-corrected chi connectivity index (χ1v) is 10.4. The van der Waals surface area contributed by atoms with Gasteiger partial charge in [-0.3, -0.25) is 14.5 Å². The van der Waals surface area contributed by atoms with Crippen molar-refractivity contribution in [3.05, 3.63) is 25.3 Å². The lowest BCUT2D eigenvalue weighted by Crippen LogP contribution is -2.67. The molecule has 0 spiro atoms. The van der Waals surface area contributed by atoms with Gasteiger partial charge in [0.15, 0.2) is 0 Å². The predicted molar refractivity (Wildman–Crippen MR) is 104 cm³/mol. The molecule has 0 unspecified atom stereocenters. The molecule has 0 aliphatic carbocycles. The van der Waals surface area contributed by atoms with Crippen molar-refractivity contribution in [1.82, 2.24) is 29.9 Å². The van der Waals surface area contributed by atoms with Crippen LogP contribution in [0.25, 0.3) is 0 Å². The van der Waals surface area contributed by atoms with Crippen LogP contribution >= 0.6 is 0 Å². The number of carbonyl (C=O) groups excluding carboxylic acids is 2. The van der Waals surface area contributed by atoms with E-state index < -0.39 is 0 Å². The van der Waals surface area contributed by atoms with Crippen LogP contribution < -0.4 is 5.32 Å². The minimum absolute atomic E-state index is 0.00980. The average molecular weight is 387 g/mol. The number of amides is 2. The van der Waals surface area contributed by atoms with Gasteiger partial charge in [-0.05, 0) is 31.1 Å². The molecule has 4 atom stereocenters. The second-order valence-corrected chi connectivity index (χ2v) is 8.34. The fourth-order valence-corrected chi connectivity index (χ4v) is 5.34. The molecule has 0 saturated carbocycles. The lowest BCUT2D eigenvalue weighted by molar-refractivity contribution is -0.152. The Kier molecular flexibility index (Phi) is 5.75. The number of rotatable bonds is 7. The molecule has 3 saturated heterocycles. The summed E-state index contributed by atoms with van der Waals surface area (Å²) in [5, 5.41) is 10.6. The number of aromatic nitrogens is 3. The predicted octanol–water partition coefficient (Wildman–Crippen LogP) is 0.672. The number of piperidine rings is 3. The van der Waals surface area contributed by atoms with Crippen LogP contribution in [0.3, 0.4) is 0 Å². The Morgan fingerprint density at radius 1 is 1.29 bits per heavy atom. The Morgan fingerprint density at radius 2 is 2.07 bits per heavy atom. The summed E-state index contributed by atoms with van der Waals surface area (Å²) < 4.78 is 1.79. The van der Waals surface area contributed by atoms with Gasteiger partial charge in [0.2, 0.25) is 11.8 Å². The van der Waals surface area contributed by atoms with Gasteiger partial charge in [-0.25, -0.2) is 0 Å². The van der Waals surface area contributed by atoms with Crippen molar-refractivity contribution in [3.8, 4) is 0 Å². The maximum atomic E-state index is 12.8. The van der Waals surface area contributed by atoms with Gasteiger partial charge in [-0.1, -0.05) is 6.08 Å². The highest BCUT2D eigenvalue weighted by Gasteiger charge is 2.49. The summed E-state index contributed by atoms with van der Waals surface area (Å²) in [5.41, 5.74) is 0. The highest BCUT2D eigenvalue weighted by atomic mass is 16.2. The van der Waals surface area contributed by atoms with E-state index in [1.807, 2.05) is 6.08 Å². The zero-order valence-electron chi connectivity index (χ0n) is 16.4. The Bertz CT molecular complexity index is 706. The van der Waals surface area contributed by atoms with Gasteiger partial charge in [0, 0.05) is 51.6 Å². The van der Waals surface area contributed by atoms with E-state index >= 15 is 0 Å². The molecule has 1 aromatic rings. The molecule has 4 heterocycles. The number of hydrogen-bond acceptors (Lipinski definition) is 5. The molecule has 152 valence electrons. The van der Waals surface area contributed by atoms with E-state index in [1.54, 1.807) is 17.2 Å². The van der Waals surface area contributed by atoms with E-state index in [2.05, 4.69) is 31.9 Å². The maximum absolute atomic E-state index is 12.8. The van der Waals surface area contributed by atoms with E-state index in [-0.39, 0.29) is 17.9 Å². The minimum Gasteiger partial charge on any atom is -0.354 e. The third-order valence-corrected chi connectivity index (χ3v) is 6.53. The number of carbonyl (C=O) groups is 2. The molecule has 1 aromatic heterocycles. The summed E-state index contributed by atoms with van der Waals surface area (Å²) in [6, 6.07) is 0.421. The van der Waals surface area contributed by atoms with Gasteiger partial charge in [-0.2, -0.15) is 0 Å². The lowest BCUT2D eigenvalue weighted by atomic mass is 9.72. The first kappa shape index (κ1) is 19.1. The summed E-state index contributed by atoms with van der Waals surface area (Å²) in [5.74, 6) is 1.24. The molecule has 28 heavy (non-hydrogen) atoms. The Labute approximate surface area is 166 Å². The van der Waals surface area contributed by atoms with Gasteiger partial charge in [0.05, 0.1) is 6.04 Å². The van der Waals surface area contributed by atoms with Crippen LogP contribution in [0.1, 0.15) is 32.1 Å². The van der Waals surface area contributed by atoms with E-state index in [4.69, 9.17) is 0 Å². The first-order valence-electron chi connectivity index (χ1n) is 10.4. The molecule has 1 N–H and O–H groups in total. The van der Waals surface area contributed by atoms with Crippen molar-refractivity contribution in [2.45, 2.75) is 50.7 Å².